The first kappa shape index (κ1) is 24.5. The number of benzene rings is 2. The molecule has 0 saturated carbocycles. The second-order valence-electron chi connectivity index (χ2n) is 5.79. The SMILES string of the molecule is CCOC(=O)c1ccccc1NC(=S)NC(NC(=O)c1ccccc1Cl)C(Cl)(Cl)Cl. The Hall–Kier alpha value is -1.77. The highest BCUT2D eigenvalue weighted by Gasteiger charge is 2.35. The molecule has 0 saturated heterocycles. The summed E-state index contributed by atoms with van der Waals surface area (Å²) in [7, 11) is 0. The summed E-state index contributed by atoms with van der Waals surface area (Å²) >= 11 is 29.3. The molecule has 2 rings (SSSR count). The quantitative estimate of drug-likeness (QED) is 0.222. The van der Waals surface area contributed by atoms with E-state index in [4.69, 9.17) is 63.4 Å². The van der Waals surface area contributed by atoms with Crippen LogP contribution in [0.4, 0.5) is 5.69 Å². The molecule has 2 aromatic carbocycles. The number of carbonyl (C=O) groups excluding carboxylic acids is 2. The third-order valence-electron chi connectivity index (χ3n) is 3.67. The van der Waals surface area contributed by atoms with E-state index in [1.165, 1.54) is 6.07 Å². The van der Waals surface area contributed by atoms with Gasteiger partial charge >= 0.3 is 5.97 Å². The van der Waals surface area contributed by atoms with E-state index in [9.17, 15) is 9.59 Å². The first-order chi connectivity index (χ1) is 14.1. The molecule has 11 heteroatoms. The summed E-state index contributed by atoms with van der Waals surface area (Å²) in [5.74, 6) is -1.09. The second kappa shape index (κ2) is 11.0. The number of hydrogen-bond acceptors (Lipinski definition) is 4. The molecule has 1 amide bonds. The lowest BCUT2D eigenvalue weighted by atomic mass is 10.2. The first-order valence-corrected chi connectivity index (χ1v) is 10.5. The Kier molecular flexibility index (Phi) is 9.00. The molecule has 1 atom stereocenters. The van der Waals surface area contributed by atoms with E-state index in [2.05, 4.69) is 16.0 Å². The zero-order valence-electron chi connectivity index (χ0n) is 15.5. The highest BCUT2D eigenvalue weighted by Crippen LogP contribution is 2.30. The number of amides is 1. The second-order valence-corrected chi connectivity index (χ2v) is 8.98. The summed E-state index contributed by atoms with van der Waals surface area (Å²) in [4.78, 5) is 24.6. The van der Waals surface area contributed by atoms with Crippen LogP contribution >= 0.6 is 58.6 Å². The van der Waals surface area contributed by atoms with Crippen LogP contribution in [0.2, 0.25) is 5.02 Å². The molecule has 3 N–H and O–H groups in total. The van der Waals surface area contributed by atoms with Crippen LogP contribution in [-0.4, -0.2) is 33.6 Å². The van der Waals surface area contributed by atoms with Gasteiger partial charge in [0.2, 0.25) is 3.79 Å². The van der Waals surface area contributed by atoms with Crippen molar-refractivity contribution in [1.82, 2.24) is 10.6 Å². The van der Waals surface area contributed by atoms with Crippen LogP contribution in [0.25, 0.3) is 0 Å². The van der Waals surface area contributed by atoms with E-state index in [1.807, 2.05) is 0 Å². The van der Waals surface area contributed by atoms with Gasteiger partial charge in [0.1, 0.15) is 6.17 Å². The van der Waals surface area contributed by atoms with Gasteiger partial charge < -0.3 is 20.7 Å². The van der Waals surface area contributed by atoms with Crippen molar-refractivity contribution in [2.45, 2.75) is 16.9 Å². The third-order valence-corrected chi connectivity index (χ3v) is 4.87. The smallest absolute Gasteiger partial charge is 0.340 e. The van der Waals surface area contributed by atoms with Gasteiger partial charge in [-0.3, -0.25) is 4.79 Å². The molecule has 1 unspecified atom stereocenters. The lowest BCUT2D eigenvalue weighted by Gasteiger charge is -2.28. The summed E-state index contributed by atoms with van der Waals surface area (Å²) in [6.45, 7) is 1.92. The van der Waals surface area contributed by atoms with Crippen LogP contribution in [0.15, 0.2) is 48.5 Å². The van der Waals surface area contributed by atoms with Crippen molar-refractivity contribution >= 4 is 81.3 Å². The maximum Gasteiger partial charge on any atom is 0.340 e. The maximum absolute atomic E-state index is 12.5. The Bertz CT molecular complexity index is 937. The Morgan fingerprint density at radius 1 is 1.03 bits per heavy atom. The van der Waals surface area contributed by atoms with Gasteiger partial charge in [0, 0.05) is 0 Å². The Balaban J connectivity index is 2.15. The minimum atomic E-state index is -1.96. The Morgan fingerprint density at radius 2 is 1.63 bits per heavy atom. The van der Waals surface area contributed by atoms with Crippen molar-refractivity contribution in [2.24, 2.45) is 0 Å². The number of para-hydroxylation sites is 1. The number of rotatable bonds is 6. The summed E-state index contributed by atoms with van der Waals surface area (Å²) in [6, 6.07) is 13.0. The van der Waals surface area contributed by atoms with Crippen molar-refractivity contribution in [3.63, 3.8) is 0 Å². The lowest BCUT2D eigenvalue weighted by molar-refractivity contribution is 0.0527. The lowest BCUT2D eigenvalue weighted by Crippen LogP contribution is -2.56. The van der Waals surface area contributed by atoms with E-state index >= 15 is 0 Å². The van der Waals surface area contributed by atoms with Gasteiger partial charge in [-0.1, -0.05) is 70.7 Å². The normalized spacial score (nSPS) is 11.9. The number of alkyl halides is 3. The number of carbonyl (C=O) groups is 2. The molecular weight excluding hydrogens is 492 g/mol. The summed E-state index contributed by atoms with van der Waals surface area (Å²) < 4.78 is 3.07. The fourth-order valence-electron chi connectivity index (χ4n) is 2.32. The van der Waals surface area contributed by atoms with E-state index < -0.39 is 21.8 Å². The summed E-state index contributed by atoms with van der Waals surface area (Å²) in [5.41, 5.74) is 0.856. The molecule has 6 nitrogen and oxygen atoms in total. The number of esters is 1. The van der Waals surface area contributed by atoms with Crippen LogP contribution in [0.3, 0.4) is 0 Å². The van der Waals surface area contributed by atoms with Gasteiger partial charge in [-0.2, -0.15) is 0 Å². The van der Waals surface area contributed by atoms with Crippen LogP contribution in [0, 0.1) is 0 Å². The molecule has 0 fully saturated rings. The van der Waals surface area contributed by atoms with Crippen LogP contribution in [-0.2, 0) is 4.74 Å². The zero-order valence-corrected chi connectivity index (χ0v) is 19.4. The molecule has 0 bridgehead atoms. The number of anilines is 1. The monoisotopic (exact) mass is 507 g/mol. The fourth-order valence-corrected chi connectivity index (χ4v) is 3.10. The molecule has 0 aliphatic carbocycles. The maximum atomic E-state index is 12.5. The number of ether oxygens (including phenoxy) is 1. The zero-order chi connectivity index (χ0) is 22.3. The number of thiocarbonyl (C=S) groups is 1. The van der Waals surface area contributed by atoms with E-state index in [1.54, 1.807) is 49.4 Å². The van der Waals surface area contributed by atoms with E-state index in [-0.39, 0.29) is 27.9 Å². The average Bonchev–Trinajstić information content (AvgIpc) is 2.67. The van der Waals surface area contributed by atoms with Crippen LogP contribution < -0.4 is 16.0 Å². The van der Waals surface area contributed by atoms with Gasteiger partial charge in [-0.15, -0.1) is 0 Å². The molecule has 0 heterocycles. The average molecular weight is 509 g/mol. The standard InChI is InChI=1S/C19H17Cl4N3O3S/c1-2-29-16(28)12-8-4-6-10-14(12)24-18(30)26-17(19(21,22)23)25-15(27)11-7-3-5-9-13(11)20/h3-10,17H,2H2,1H3,(H,25,27)(H2,24,26,30). The third kappa shape index (κ3) is 6.89. The highest BCUT2D eigenvalue weighted by atomic mass is 35.6. The number of nitrogens with one attached hydrogen (secondary N) is 3. The Labute approximate surface area is 199 Å². The fraction of sp³-hybridized carbons (Fsp3) is 0.211. The molecule has 30 heavy (non-hydrogen) atoms. The van der Waals surface area contributed by atoms with Gasteiger partial charge in [0.05, 0.1) is 28.4 Å². The highest BCUT2D eigenvalue weighted by molar-refractivity contribution is 7.80. The van der Waals surface area contributed by atoms with Crippen LogP contribution in [0.1, 0.15) is 27.6 Å². The Morgan fingerprint density at radius 3 is 2.23 bits per heavy atom. The number of halogens is 4. The topological polar surface area (TPSA) is 79.5 Å². The van der Waals surface area contributed by atoms with Crippen molar-refractivity contribution < 1.29 is 14.3 Å². The van der Waals surface area contributed by atoms with Crippen LogP contribution in [0.5, 0.6) is 0 Å². The van der Waals surface area contributed by atoms with Gasteiger partial charge in [-0.25, -0.2) is 4.79 Å². The molecule has 0 aromatic heterocycles. The predicted octanol–water partition coefficient (Wildman–Crippen LogP) is 4.93. The molecule has 0 spiro atoms. The largest absolute Gasteiger partial charge is 0.462 e. The predicted molar refractivity (Wildman–Crippen MR) is 125 cm³/mol. The van der Waals surface area contributed by atoms with E-state index in [0.717, 1.165) is 0 Å². The van der Waals surface area contributed by atoms with Crippen molar-refractivity contribution in [3.8, 4) is 0 Å². The first-order valence-electron chi connectivity index (χ1n) is 8.59. The van der Waals surface area contributed by atoms with Gasteiger partial charge in [0.15, 0.2) is 5.11 Å². The minimum absolute atomic E-state index is 0.00234. The molecule has 160 valence electrons. The van der Waals surface area contributed by atoms with Gasteiger partial charge in [0.25, 0.3) is 5.91 Å². The van der Waals surface area contributed by atoms with Crippen molar-refractivity contribution in [2.75, 3.05) is 11.9 Å². The summed E-state index contributed by atoms with van der Waals surface area (Å²) in [5, 5.41) is 8.34. The van der Waals surface area contributed by atoms with Crippen molar-refractivity contribution in [3.05, 3.63) is 64.7 Å². The summed E-state index contributed by atoms with van der Waals surface area (Å²) in [6.07, 6.45) is -1.21. The minimum Gasteiger partial charge on any atom is -0.462 e. The van der Waals surface area contributed by atoms with Crippen molar-refractivity contribution in [1.29, 1.82) is 0 Å². The number of hydrogen-bond donors (Lipinski definition) is 3. The molecule has 0 aliphatic heterocycles. The molecule has 0 radical (unpaired) electrons. The molecule has 2 aromatic rings. The van der Waals surface area contributed by atoms with E-state index in [0.29, 0.717) is 5.69 Å². The molecule has 0 aliphatic rings. The van der Waals surface area contributed by atoms with Gasteiger partial charge in [-0.05, 0) is 43.4 Å². The molecular formula is C19H17Cl4N3O3S.